The van der Waals surface area contributed by atoms with Gasteiger partial charge in [0.05, 0.1) is 12.0 Å². The number of benzene rings is 1. The summed E-state index contributed by atoms with van der Waals surface area (Å²) in [6.07, 6.45) is 4.69. The van der Waals surface area contributed by atoms with Gasteiger partial charge in [-0.05, 0) is 68.8 Å². The molecule has 1 fully saturated rings. The third-order valence-corrected chi connectivity index (χ3v) is 11.4. The van der Waals surface area contributed by atoms with Gasteiger partial charge in [0.2, 0.25) is 5.91 Å². The van der Waals surface area contributed by atoms with Crippen molar-refractivity contribution in [2.75, 3.05) is 33.5 Å². The van der Waals surface area contributed by atoms with E-state index in [1.807, 2.05) is 26.2 Å². The predicted molar refractivity (Wildman–Crippen MR) is 198 cm³/mol. The zero-order valence-corrected chi connectivity index (χ0v) is 32.0. The minimum absolute atomic E-state index is 0.0262. The quantitative estimate of drug-likeness (QED) is 0.152. The van der Waals surface area contributed by atoms with E-state index in [9.17, 15) is 24.3 Å². The lowest BCUT2D eigenvalue weighted by Gasteiger charge is -2.37. The molecule has 7 atom stereocenters. The van der Waals surface area contributed by atoms with Crippen molar-refractivity contribution >= 4 is 40.6 Å². The van der Waals surface area contributed by atoms with Crippen LogP contribution in [-0.4, -0.2) is 89.3 Å². The summed E-state index contributed by atoms with van der Waals surface area (Å²) >= 11 is 1.32. The van der Waals surface area contributed by atoms with Crippen LogP contribution in [0.3, 0.4) is 0 Å². The molecule has 2 amide bonds. The highest BCUT2D eigenvalue weighted by Gasteiger charge is 2.37. The second-order valence-electron chi connectivity index (χ2n) is 14.5. The van der Waals surface area contributed by atoms with Crippen LogP contribution in [0, 0.1) is 23.7 Å². The number of nitrogen functional groups attached to an aromatic ring is 1. The van der Waals surface area contributed by atoms with Gasteiger partial charge >= 0.3 is 5.97 Å². The number of methoxy groups -OCH3 is 1. The van der Waals surface area contributed by atoms with Gasteiger partial charge in [-0.15, -0.1) is 11.3 Å². The van der Waals surface area contributed by atoms with Crippen LogP contribution < -0.4 is 11.1 Å². The van der Waals surface area contributed by atoms with Crippen molar-refractivity contribution in [2.45, 2.75) is 110 Å². The van der Waals surface area contributed by atoms with Crippen LogP contribution in [0.15, 0.2) is 29.6 Å². The molecule has 1 aromatic heterocycles. The second-order valence-corrected chi connectivity index (χ2v) is 15.4. The zero-order valence-electron chi connectivity index (χ0n) is 31.2. The maximum atomic E-state index is 14.2. The average Bonchev–Trinajstić information content (AvgIpc) is 3.58. The molecule has 0 aliphatic carbocycles. The van der Waals surface area contributed by atoms with Crippen molar-refractivity contribution in [3.63, 3.8) is 0 Å². The Kier molecular flexibility index (Phi) is 15.9. The first-order valence-electron chi connectivity index (χ1n) is 18.0. The number of carboxylic acid groups (broad SMARTS) is 1. The number of nitrogens with zero attached hydrogens (tertiary/aromatic N) is 3. The first kappa shape index (κ1) is 41.1. The number of rotatable bonds is 19. The number of amides is 2. The predicted octanol–water partition coefficient (Wildman–Crippen LogP) is 5.84. The Labute approximate surface area is 302 Å². The Morgan fingerprint density at radius 3 is 2.38 bits per heavy atom. The smallest absolute Gasteiger partial charge is 0.306 e. The standard InChI is InChI=1S/C38H59N5O6S/c1-9-24(4)29(20-33(44)31-12-10-11-17-42(31)6)37(46)43(7)32(23(2)3)21-34(49-8)36-41-30(22-50-36)35(45)40-28(18-25(5)38(47)48)19-26-13-15-27(39)16-14-26/h13-16,22-25,28-29,31-32,34H,9-12,17-21,39H2,1-8H3,(H,40,45)(H,47,48)/t24-,25?,28+,29-,31+,32+,34+/m0/s1. The molecule has 1 aliphatic rings. The summed E-state index contributed by atoms with van der Waals surface area (Å²) in [7, 11) is 5.43. The van der Waals surface area contributed by atoms with E-state index in [2.05, 4.69) is 42.9 Å². The van der Waals surface area contributed by atoms with Crippen molar-refractivity contribution in [1.29, 1.82) is 0 Å². The molecule has 50 heavy (non-hydrogen) atoms. The third kappa shape index (κ3) is 11.3. The number of ketones is 1. The van der Waals surface area contributed by atoms with Gasteiger partial charge in [0, 0.05) is 56.1 Å². The van der Waals surface area contributed by atoms with E-state index in [4.69, 9.17) is 10.5 Å². The molecule has 2 heterocycles. The number of thiazole rings is 1. The number of likely N-dealkylation sites (tertiary alicyclic amines) is 1. The van der Waals surface area contributed by atoms with E-state index in [1.54, 1.807) is 36.4 Å². The molecule has 2 aromatic rings. The molecule has 0 saturated carbocycles. The van der Waals surface area contributed by atoms with E-state index in [-0.39, 0.29) is 54.1 Å². The van der Waals surface area contributed by atoms with Crippen LogP contribution >= 0.6 is 11.3 Å². The number of carbonyl (C=O) groups excluding carboxylic acids is 3. The van der Waals surface area contributed by atoms with Crippen LogP contribution in [0.1, 0.15) is 107 Å². The Hall–Kier alpha value is -3.35. The van der Waals surface area contributed by atoms with Crippen molar-refractivity contribution in [1.82, 2.24) is 20.1 Å². The number of ether oxygens (including phenoxy) is 1. The topological polar surface area (TPSA) is 155 Å². The zero-order chi connectivity index (χ0) is 37.1. The van der Waals surface area contributed by atoms with Gasteiger partial charge in [0.25, 0.3) is 5.91 Å². The van der Waals surface area contributed by atoms with Crippen molar-refractivity contribution in [3.05, 3.63) is 45.9 Å². The van der Waals surface area contributed by atoms with E-state index in [0.29, 0.717) is 23.5 Å². The van der Waals surface area contributed by atoms with Crippen LogP contribution in [0.25, 0.3) is 0 Å². The first-order chi connectivity index (χ1) is 23.7. The molecule has 4 N–H and O–H groups in total. The number of nitrogens with one attached hydrogen (secondary N) is 1. The van der Waals surface area contributed by atoms with Crippen LogP contribution in [0.4, 0.5) is 5.69 Å². The molecule has 11 nitrogen and oxygen atoms in total. The van der Waals surface area contributed by atoms with Crippen LogP contribution in [0.2, 0.25) is 0 Å². The summed E-state index contributed by atoms with van der Waals surface area (Å²) in [4.78, 5) is 61.3. The van der Waals surface area contributed by atoms with Crippen molar-refractivity contribution < 1.29 is 29.0 Å². The molecular formula is C38H59N5O6S. The summed E-state index contributed by atoms with van der Waals surface area (Å²) in [5.74, 6) is -2.12. The van der Waals surface area contributed by atoms with E-state index < -0.39 is 35.9 Å². The maximum absolute atomic E-state index is 14.2. The van der Waals surface area contributed by atoms with E-state index >= 15 is 0 Å². The lowest BCUT2D eigenvalue weighted by Crippen LogP contribution is -2.48. The van der Waals surface area contributed by atoms with Gasteiger partial charge in [-0.3, -0.25) is 24.1 Å². The molecule has 1 aliphatic heterocycles. The fourth-order valence-electron chi connectivity index (χ4n) is 6.93. The van der Waals surface area contributed by atoms with Gasteiger partial charge in [0.15, 0.2) is 5.78 Å². The highest BCUT2D eigenvalue weighted by Crippen LogP contribution is 2.32. The second kappa shape index (κ2) is 19.3. The molecule has 0 bridgehead atoms. The maximum Gasteiger partial charge on any atom is 0.306 e. The minimum Gasteiger partial charge on any atom is -0.481 e. The van der Waals surface area contributed by atoms with Crippen LogP contribution in [-0.2, 0) is 25.5 Å². The Morgan fingerprint density at radius 1 is 1.12 bits per heavy atom. The number of anilines is 1. The third-order valence-electron chi connectivity index (χ3n) is 10.5. The Balaban J connectivity index is 1.75. The van der Waals surface area contributed by atoms with Crippen LogP contribution in [0.5, 0.6) is 0 Å². The molecule has 0 spiro atoms. The number of aromatic nitrogens is 1. The molecule has 0 radical (unpaired) electrons. The monoisotopic (exact) mass is 713 g/mol. The fourth-order valence-corrected chi connectivity index (χ4v) is 7.82. The number of aliphatic carboxylic acids is 1. The molecular weight excluding hydrogens is 655 g/mol. The molecule has 3 rings (SSSR count). The molecule has 1 saturated heterocycles. The number of nitrogens with two attached hydrogens (primary N) is 1. The number of Topliss-reactive ketones (excluding diaryl/α,β-unsaturated/α-hetero) is 1. The number of carboxylic acids is 1. The van der Waals surface area contributed by atoms with Gasteiger partial charge < -0.3 is 25.8 Å². The Morgan fingerprint density at radius 2 is 1.80 bits per heavy atom. The first-order valence-corrected chi connectivity index (χ1v) is 18.9. The highest BCUT2D eigenvalue weighted by molar-refractivity contribution is 7.09. The summed E-state index contributed by atoms with van der Waals surface area (Å²) in [5.41, 5.74) is 7.61. The lowest BCUT2D eigenvalue weighted by molar-refractivity contribution is -0.143. The normalized spacial score (nSPS) is 18.9. The van der Waals surface area contributed by atoms with E-state index in [0.717, 1.165) is 37.8 Å². The van der Waals surface area contributed by atoms with Gasteiger partial charge in [-0.25, -0.2) is 4.98 Å². The minimum atomic E-state index is -0.928. The van der Waals surface area contributed by atoms with Gasteiger partial charge in [-0.2, -0.15) is 0 Å². The lowest BCUT2D eigenvalue weighted by atomic mass is 9.83. The SMILES string of the molecule is CC[C@H](C)[C@H](CC(=O)[C@H]1CCCCN1C)C(=O)N(C)[C@H](C[C@@H](OC)c1nc(C(=O)N[C@@H](Cc2ccc(N)cc2)CC(C)C(=O)O)cs1)C(C)C. The summed E-state index contributed by atoms with van der Waals surface area (Å²) in [5, 5.41) is 14.8. The van der Waals surface area contributed by atoms with Crippen molar-refractivity contribution in [2.24, 2.45) is 23.7 Å². The van der Waals surface area contributed by atoms with E-state index in [1.165, 1.54) is 11.3 Å². The number of hydrogen-bond donors (Lipinski definition) is 3. The molecule has 12 heteroatoms. The average molecular weight is 714 g/mol. The Bertz CT molecular complexity index is 1410. The number of carbonyl (C=O) groups is 4. The van der Waals surface area contributed by atoms with Gasteiger partial charge in [-0.1, -0.05) is 59.6 Å². The van der Waals surface area contributed by atoms with Crippen molar-refractivity contribution in [3.8, 4) is 0 Å². The largest absolute Gasteiger partial charge is 0.481 e. The molecule has 1 aromatic carbocycles. The summed E-state index contributed by atoms with van der Waals surface area (Å²) < 4.78 is 5.92. The number of piperidine rings is 1. The molecule has 1 unspecified atom stereocenters. The highest BCUT2D eigenvalue weighted by atomic mass is 32.1. The summed E-state index contributed by atoms with van der Waals surface area (Å²) in [6.45, 7) is 10.8. The fraction of sp³-hybridized carbons (Fsp3) is 0.658. The summed E-state index contributed by atoms with van der Waals surface area (Å²) in [6, 6.07) is 6.54. The molecule has 278 valence electrons. The number of hydrogen-bond acceptors (Lipinski definition) is 9. The number of likely N-dealkylation sites (N-methyl/N-ethyl adjacent to an activating group) is 1. The van der Waals surface area contributed by atoms with Gasteiger partial charge in [0.1, 0.15) is 16.8 Å².